The van der Waals surface area contributed by atoms with Crippen LogP contribution in [-0.2, 0) is 11.3 Å². The van der Waals surface area contributed by atoms with Gasteiger partial charge >= 0.3 is 0 Å². The zero-order chi connectivity index (χ0) is 28.6. The average molecular weight is 560 g/mol. The molecule has 0 aliphatic rings. The second-order valence-corrected chi connectivity index (χ2v) is 9.40. The van der Waals surface area contributed by atoms with Gasteiger partial charge in [0.1, 0.15) is 22.4 Å². The van der Waals surface area contributed by atoms with E-state index in [1.165, 1.54) is 12.0 Å². The van der Waals surface area contributed by atoms with Crippen molar-refractivity contribution in [2.24, 2.45) is 5.73 Å². The van der Waals surface area contributed by atoms with Crippen molar-refractivity contribution in [3.63, 3.8) is 0 Å². The van der Waals surface area contributed by atoms with Crippen LogP contribution in [0.1, 0.15) is 44.3 Å². The van der Waals surface area contributed by atoms with Gasteiger partial charge in [-0.05, 0) is 53.8 Å². The number of primary amides is 1. The molecular weight excluding hydrogens is 530 g/mol. The van der Waals surface area contributed by atoms with Crippen LogP contribution in [0.15, 0.2) is 78.9 Å². The molecular formula is C29H29N5O5S. The van der Waals surface area contributed by atoms with Gasteiger partial charge in [-0.2, -0.15) is 4.37 Å². The van der Waals surface area contributed by atoms with E-state index in [0.29, 0.717) is 29.4 Å². The van der Waals surface area contributed by atoms with Crippen LogP contribution in [0.25, 0.3) is 0 Å². The molecule has 0 fully saturated rings. The standard InChI is InChI=1S/C29H29N5O5S/c1-3-39-21-14-12-19(13-15-21)25(28(36)32-17-18-8-5-4-6-9-18)34(20-10-7-11-22(16-20)38-2)29(37)26-23(30)24(27(31)35)33-40-26/h4-16,25H,3,17,30H2,1-2H3,(H2,31,35)(H,32,36)/t25-/m1/s1. The molecule has 0 bridgehead atoms. The van der Waals surface area contributed by atoms with Gasteiger partial charge in [-0.25, -0.2) is 0 Å². The first-order valence-corrected chi connectivity index (χ1v) is 13.2. The van der Waals surface area contributed by atoms with Gasteiger partial charge in [-0.15, -0.1) is 0 Å². The van der Waals surface area contributed by atoms with E-state index in [0.717, 1.165) is 17.1 Å². The Morgan fingerprint density at radius 3 is 2.35 bits per heavy atom. The second kappa shape index (κ2) is 12.8. The van der Waals surface area contributed by atoms with Gasteiger partial charge in [0.25, 0.3) is 11.8 Å². The minimum atomic E-state index is -1.14. The number of nitrogens with two attached hydrogens (primary N) is 2. The number of aromatic nitrogens is 1. The normalized spacial score (nSPS) is 11.3. The fraction of sp³-hybridized carbons (Fsp3) is 0.172. The summed E-state index contributed by atoms with van der Waals surface area (Å²) in [5.41, 5.74) is 13.0. The summed E-state index contributed by atoms with van der Waals surface area (Å²) < 4.78 is 15.0. The van der Waals surface area contributed by atoms with Gasteiger partial charge in [0.05, 0.1) is 19.4 Å². The number of anilines is 2. The molecule has 1 atom stereocenters. The van der Waals surface area contributed by atoms with Gasteiger partial charge in [0, 0.05) is 18.3 Å². The number of methoxy groups -OCH3 is 1. The molecule has 0 spiro atoms. The lowest BCUT2D eigenvalue weighted by Gasteiger charge is -2.31. The summed E-state index contributed by atoms with van der Waals surface area (Å²) >= 11 is 0.739. The molecule has 1 heterocycles. The van der Waals surface area contributed by atoms with Gasteiger partial charge in [-0.1, -0.05) is 48.5 Å². The van der Waals surface area contributed by atoms with E-state index in [1.54, 1.807) is 48.5 Å². The van der Waals surface area contributed by atoms with Crippen LogP contribution in [0, 0.1) is 0 Å². The molecule has 10 nitrogen and oxygen atoms in total. The summed E-state index contributed by atoms with van der Waals surface area (Å²) in [5, 5.41) is 2.95. The third-order valence-electron chi connectivity index (χ3n) is 6.03. The minimum Gasteiger partial charge on any atom is -0.497 e. The number of nitrogens with one attached hydrogen (secondary N) is 1. The Balaban J connectivity index is 1.84. The number of benzene rings is 3. The molecule has 4 aromatic rings. The van der Waals surface area contributed by atoms with Crippen molar-refractivity contribution in [3.05, 3.63) is 101 Å². The van der Waals surface area contributed by atoms with E-state index in [2.05, 4.69) is 9.69 Å². The molecule has 3 amide bonds. The van der Waals surface area contributed by atoms with E-state index in [4.69, 9.17) is 20.9 Å². The summed E-state index contributed by atoms with van der Waals surface area (Å²) in [6, 6.07) is 21.9. The number of ether oxygens (including phenoxy) is 2. The van der Waals surface area contributed by atoms with E-state index >= 15 is 0 Å². The maximum absolute atomic E-state index is 14.2. The summed E-state index contributed by atoms with van der Waals surface area (Å²) in [6.45, 7) is 2.58. The number of carbonyl (C=O) groups excluding carboxylic acids is 3. The minimum absolute atomic E-state index is 0.0246. The summed E-state index contributed by atoms with van der Waals surface area (Å²) in [7, 11) is 1.50. The lowest BCUT2D eigenvalue weighted by molar-refractivity contribution is -0.122. The zero-order valence-corrected chi connectivity index (χ0v) is 22.8. The molecule has 206 valence electrons. The SMILES string of the molecule is CCOc1ccc([C@H](C(=O)NCc2ccccc2)N(C(=O)c2snc(C(N)=O)c2N)c2cccc(OC)c2)cc1. The Hall–Kier alpha value is -4.90. The number of nitrogen functional groups attached to an aromatic ring is 1. The van der Waals surface area contributed by atoms with Gasteiger partial charge in [0.2, 0.25) is 5.91 Å². The zero-order valence-electron chi connectivity index (χ0n) is 22.0. The number of hydrogen-bond acceptors (Lipinski definition) is 8. The van der Waals surface area contributed by atoms with Crippen molar-refractivity contribution in [1.82, 2.24) is 9.69 Å². The van der Waals surface area contributed by atoms with Crippen LogP contribution >= 0.6 is 11.5 Å². The second-order valence-electron chi connectivity index (χ2n) is 8.62. The Labute approximate surface area is 235 Å². The van der Waals surface area contributed by atoms with Crippen LogP contribution < -0.4 is 31.2 Å². The van der Waals surface area contributed by atoms with Crippen molar-refractivity contribution >= 4 is 40.6 Å². The molecule has 0 aliphatic heterocycles. The lowest BCUT2D eigenvalue weighted by atomic mass is 10.0. The predicted octanol–water partition coefficient (Wildman–Crippen LogP) is 3.94. The molecule has 1 aromatic heterocycles. The van der Waals surface area contributed by atoms with Crippen LogP contribution in [-0.4, -0.2) is 35.8 Å². The first kappa shape index (κ1) is 28.1. The molecule has 0 aliphatic carbocycles. The third-order valence-corrected chi connectivity index (χ3v) is 6.88. The van der Waals surface area contributed by atoms with E-state index in [1.807, 2.05) is 37.3 Å². The molecule has 0 radical (unpaired) electrons. The van der Waals surface area contributed by atoms with Crippen molar-refractivity contribution in [2.75, 3.05) is 24.4 Å². The molecule has 4 rings (SSSR count). The van der Waals surface area contributed by atoms with E-state index in [-0.39, 0.29) is 22.8 Å². The largest absolute Gasteiger partial charge is 0.497 e. The van der Waals surface area contributed by atoms with E-state index < -0.39 is 23.8 Å². The first-order valence-electron chi connectivity index (χ1n) is 12.4. The predicted molar refractivity (Wildman–Crippen MR) is 153 cm³/mol. The van der Waals surface area contributed by atoms with Crippen LogP contribution in [0.5, 0.6) is 11.5 Å². The summed E-state index contributed by atoms with van der Waals surface area (Å²) in [5.74, 6) is -0.844. The van der Waals surface area contributed by atoms with Crippen molar-refractivity contribution < 1.29 is 23.9 Å². The van der Waals surface area contributed by atoms with Crippen molar-refractivity contribution in [2.45, 2.75) is 19.5 Å². The topological polar surface area (TPSA) is 150 Å². The van der Waals surface area contributed by atoms with Crippen LogP contribution in [0.3, 0.4) is 0 Å². The summed E-state index contributed by atoms with van der Waals surface area (Å²) in [4.78, 5) is 41.2. The highest BCUT2D eigenvalue weighted by Gasteiger charge is 2.36. The number of carbonyl (C=O) groups is 3. The smallest absolute Gasteiger partial charge is 0.273 e. The lowest BCUT2D eigenvalue weighted by Crippen LogP contribution is -2.44. The first-order chi connectivity index (χ1) is 19.3. The van der Waals surface area contributed by atoms with Crippen LogP contribution in [0.2, 0.25) is 0 Å². The number of nitrogens with zero attached hydrogens (tertiary/aromatic N) is 2. The average Bonchev–Trinajstić information content (AvgIpc) is 3.37. The third kappa shape index (κ3) is 6.21. The molecule has 11 heteroatoms. The van der Waals surface area contributed by atoms with Crippen molar-refractivity contribution in [1.29, 1.82) is 0 Å². The Morgan fingerprint density at radius 2 is 1.73 bits per heavy atom. The molecule has 0 saturated carbocycles. The fourth-order valence-electron chi connectivity index (χ4n) is 4.09. The Bertz CT molecular complexity index is 1490. The maximum atomic E-state index is 14.2. The fourth-order valence-corrected chi connectivity index (χ4v) is 4.84. The Kier molecular flexibility index (Phi) is 8.97. The number of hydrogen-bond donors (Lipinski definition) is 3. The number of amides is 3. The quantitative estimate of drug-likeness (QED) is 0.252. The molecule has 0 saturated heterocycles. The van der Waals surface area contributed by atoms with Crippen LogP contribution in [0.4, 0.5) is 11.4 Å². The monoisotopic (exact) mass is 559 g/mol. The van der Waals surface area contributed by atoms with E-state index in [9.17, 15) is 14.4 Å². The molecule has 5 N–H and O–H groups in total. The molecule has 3 aromatic carbocycles. The highest BCUT2D eigenvalue weighted by Crippen LogP contribution is 2.35. The molecule has 40 heavy (non-hydrogen) atoms. The highest BCUT2D eigenvalue weighted by molar-refractivity contribution is 7.09. The van der Waals surface area contributed by atoms with Crippen molar-refractivity contribution in [3.8, 4) is 11.5 Å². The molecule has 0 unspecified atom stereocenters. The maximum Gasteiger partial charge on any atom is 0.273 e. The van der Waals surface area contributed by atoms with Gasteiger partial charge in [0.15, 0.2) is 5.69 Å². The highest BCUT2D eigenvalue weighted by atomic mass is 32.1. The summed E-state index contributed by atoms with van der Waals surface area (Å²) in [6.07, 6.45) is 0. The van der Waals surface area contributed by atoms with Gasteiger partial charge in [-0.3, -0.25) is 19.3 Å². The Morgan fingerprint density at radius 1 is 1.00 bits per heavy atom. The number of rotatable bonds is 11. The van der Waals surface area contributed by atoms with Gasteiger partial charge < -0.3 is 26.3 Å².